The van der Waals surface area contributed by atoms with Crippen LogP contribution in [0.2, 0.25) is 0 Å². The van der Waals surface area contributed by atoms with Crippen molar-refractivity contribution in [2.75, 3.05) is 5.75 Å². The third-order valence-corrected chi connectivity index (χ3v) is 2.64. The van der Waals surface area contributed by atoms with Crippen molar-refractivity contribution in [3.63, 3.8) is 0 Å². The largest absolute Gasteiger partial charge is 0.479 e. The molecule has 0 radical (unpaired) electrons. The van der Waals surface area contributed by atoms with Gasteiger partial charge in [0, 0.05) is 5.75 Å². The van der Waals surface area contributed by atoms with Crippen LogP contribution in [0.1, 0.15) is 13.8 Å². The van der Waals surface area contributed by atoms with Crippen LogP contribution in [0.5, 0.6) is 0 Å². The van der Waals surface area contributed by atoms with Crippen LogP contribution >= 0.6 is 11.8 Å². The Bertz CT molecular complexity index is 202. The van der Waals surface area contributed by atoms with E-state index in [4.69, 9.17) is 5.11 Å². The van der Waals surface area contributed by atoms with E-state index in [1.54, 1.807) is 6.92 Å². The second-order valence-electron chi connectivity index (χ2n) is 2.50. The van der Waals surface area contributed by atoms with Gasteiger partial charge in [0.1, 0.15) is 0 Å². The zero-order chi connectivity index (χ0) is 7.78. The Morgan fingerprint density at radius 1 is 1.90 bits per heavy atom. The molecule has 1 atom stereocenters. The molecule has 0 spiro atoms. The molecule has 1 aliphatic rings. The van der Waals surface area contributed by atoms with E-state index in [-0.39, 0.29) is 0 Å². The Kier molecular flexibility index (Phi) is 1.72. The Labute approximate surface area is 63.5 Å². The molecule has 0 aromatic heterocycles. The fourth-order valence-electron chi connectivity index (χ4n) is 0.767. The Morgan fingerprint density at radius 2 is 2.50 bits per heavy atom. The summed E-state index contributed by atoms with van der Waals surface area (Å²) in [6.07, 6.45) is 0. The zero-order valence-corrected chi connectivity index (χ0v) is 6.73. The number of carbonyl (C=O) groups is 1. The summed E-state index contributed by atoms with van der Waals surface area (Å²) in [5.74, 6) is -0.273. The third-order valence-electron chi connectivity index (χ3n) is 1.43. The number of aliphatic carboxylic acids is 1. The van der Waals surface area contributed by atoms with Crippen molar-refractivity contribution < 1.29 is 9.90 Å². The number of hydrogen-bond acceptors (Lipinski definition) is 3. The van der Waals surface area contributed by atoms with Crippen LogP contribution in [-0.2, 0) is 4.79 Å². The highest BCUT2D eigenvalue weighted by Crippen LogP contribution is 2.27. The molecule has 0 fully saturated rings. The standard InChI is InChI=1S/C6H9NO2S/c1-4-7-6(2,3-10-4)5(8)9/h3H2,1-2H3,(H,8,9). The number of carboxylic acid groups (broad SMARTS) is 1. The van der Waals surface area contributed by atoms with Gasteiger partial charge in [0.2, 0.25) is 0 Å². The third kappa shape index (κ3) is 1.16. The second kappa shape index (κ2) is 2.27. The molecular formula is C6H9NO2S. The van der Waals surface area contributed by atoms with E-state index in [2.05, 4.69) is 4.99 Å². The lowest BCUT2D eigenvalue weighted by Gasteiger charge is -2.11. The highest BCUT2D eigenvalue weighted by atomic mass is 32.2. The van der Waals surface area contributed by atoms with Gasteiger partial charge in [-0.25, -0.2) is 4.79 Å². The summed E-state index contributed by atoms with van der Waals surface area (Å²) in [5.41, 5.74) is -0.866. The topological polar surface area (TPSA) is 49.7 Å². The lowest BCUT2D eigenvalue weighted by Crippen LogP contribution is -2.33. The predicted octanol–water partition coefficient (Wildman–Crippen LogP) is 0.995. The number of hydrogen-bond donors (Lipinski definition) is 1. The Hall–Kier alpha value is -0.510. The first kappa shape index (κ1) is 7.60. The zero-order valence-electron chi connectivity index (χ0n) is 5.92. The van der Waals surface area contributed by atoms with Gasteiger partial charge in [-0.2, -0.15) is 0 Å². The first-order valence-electron chi connectivity index (χ1n) is 2.97. The van der Waals surface area contributed by atoms with Gasteiger partial charge >= 0.3 is 5.97 Å². The van der Waals surface area contributed by atoms with Crippen molar-refractivity contribution in [1.29, 1.82) is 0 Å². The summed E-state index contributed by atoms with van der Waals surface area (Å²) in [6, 6.07) is 0. The molecule has 0 amide bonds. The van der Waals surface area contributed by atoms with Crippen molar-refractivity contribution in [3.05, 3.63) is 0 Å². The molecule has 56 valence electrons. The molecule has 1 aliphatic heterocycles. The molecule has 0 aromatic carbocycles. The predicted molar refractivity (Wildman–Crippen MR) is 41.6 cm³/mol. The van der Waals surface area contributed by atoms with Gasteiger partial charge in [-0.3, -0.25) is 4.99 Å². The minimum Gasteiger partial charge on any atom is -0.479 e. The fraction of sp³-hybridized carbons (Fsp3) is 0.667. The van der Waals surface area contributed by atoms with Gasteiger partial charge in [0.05, 0.1) is 5.04 Å². The number of thioether (sulfide) groups is 1. The maximum atomic E-state index is 10.5. The normalized spacial score (nSPS) is 32.0. The van der Waals surface area contributed by atoms with Crippen molar-refractivity contribution in [3.8, 4) is 0 Å². The number of aliphatic imine (C=N–C) groups is 1. The van der Waals surface area contributed by atoms with Gasteiger partial charge in [-0.05, 0) is 13.8 Å². The second-order valence-corrected chi connectivity index (χ2v) is 3.67. The molecule has 0 bridgehead atoms. The maximum Gasteiger partial charge on any atom is 0.332 e. The summed E-state index contributed by atoms with van der Waals surface area (Å²) in [4.78, 5) is 14.5. The van der Waals surface area contributed by atoms with Crippen LogP contribution in [0.15, 0.2) is 4.99 Å². The van der Waals surface area contributed by atoms with Gasteiger partial charge in [0.15, 0.2) is 5.54 Å². The first-order valence-corrected chi connectivity index (χ1v) is 3.96. The minimum atomic E-state index is -0.866. The van der Waals surface area contributed by atoms with E-state index in [1.807, 2.05) is 6.92 Å². The SMILES string of the molecule is CC1=NC(C)(C(=O)O)CS1. The Morgan fingerprint density at radius 3 is 2.70 bits per heavy atom. The molecule has 1 heterocycles. The van der Waals surface area contributed by atoms with Gasteiger partial charge < -0.3 is 5.11 Å². The highest BCUT2D eigenvalue weighted by Gasteiger charge is 2.36. The molecule has 0 aromatic rings. The monoisotopic (exact) mass is 159 g/mol. The van der Waals surface area contributed by atoms with E-state index in [1.165, 1.54) is 11.8 Å². The van der Waals surface area contributed by atoms with E-state index < -0.39 is 11.5 Å². The van der Waals surface area contributed by atoms with Crippen molar-refractivity contribution >= 4 is 22.8 Å². The summed E-state index contributed by atoms with van der Waals surface area (Å²) in [5, 5.41) is 9.54. The molecule has 1 unspecified atom stereocenters. The average Bonchev–Trinajstić information content (AvgIpc) is 2.13. The van der Waals surface area contributed by atoms with Crippen molar-refractivity contribution in [1.82, 2.24) is 0 Å². The Balaban J connectivity index is 2.82. The first-order chi connectivity index (χ1) is 4.54. The molecule has 0 aliphatic carbocycles. The van der Waals surface area contributed by atoms with Gasteiger partial charge in [0.25, 0.3) is 0 Å². The number of nitrogens with zero attached hydrogens (tertiary/aromatic N) is 1. The lowest BCUT2D eigenvalue weighted by atomic mass is 10.1. The molecule has 1 N–H and O–H groups in total. The van der Waals surface area contributed by atoms with Gasteiger partial charge in [-0.1, -0.05) is 0 Å². The maximum absolute atomic E-state index is 10.5. The van der Waals surface area contributed by atoms with Crippen LogP contribution in [0, 0.1) is 0 Å². The summed E-state index contributed by atoms with van der Waals surface area (Å²) in [7, 11) is 0. The van der Waals surface area contributed by atoms with Crippen molar-refractivity contribution in [2.45, 2.75) is 19.4 Å². The van der Waals surface area contributed by atoms with E-state index in [0.717, 1.165) is 5.04 Å². The molecular weight excluding hydrogens is 150 g/mol. The van der Waals surface area contributed by atoms with Crippen LogP contribution < -0.4 is 0 Å². The van der Waals surface area contributed by atoms with Crippen LogP contribution in [-0.4, -0.2) is 27.4 Å². The van der Waals surface area contributed by atoms with Gasteiger partial charge in [-0.15, -0.1) is 11.8 Å². The smallest absolute Gasteiger partial charge is 0.332 e. The molecule has 0 saturated heterocycles. The molecule has 0 saturated carbocycles. The van der Waals surface area contributed by atoms with E-state index in [9.17, 15) is 4.79 Å². The lowest BCUT2D eigenvalue weighted by molar-refractivity contribution is -0.141. The quantitative estimate of drug-likeness (QED) is 0.620. The van der Waals surface area contributed by atoms with E-state index in [0.29, 0.717) is 5.75 Å². The van der Waals surface area contributed by atoms with E-state index >= 15 is 0 Å². The summed E-state index contributed by atoms with van der Waals surface area (Å²) >= 11 is 1.50. The molecule has 4 heteroatoms. The summed E-state index contributed by atoms with van der Waals surface area (Å²) in [6.45, 7) is 3.47. The molecule has 10 heavy (non-hydrogen) atoms. The van der Waals surface area contributed by atoms with Crippen LogP contribution in [0.25, 0.3) is 0 Å². The van der Waals surface area contributed by atoms with Crippen LogP contribution in [0.4, 0.5) is 0 Å². The van der Waals surface area contributed by atoms with Crippen molar-refractivity contribution in [2.24, 2.45) is 4.99 Å². The fourth-order valence-corrected chi connectivity index (χ4v) is 1.71. The number of rotatable bonds is 1. The van der Waals surface area contributed by atoms with Crippen LogP contribution in [0.3, 0.4) is 0 Å². The molecule has 1 rings (SSSR count). The minimum absolute atomic E-state index is 0.564. The average molecular weight is 159 g/mol. The highest BCUT2D eigenvalue weighted by molar-refractivity contribution is 8.14. The number of carboxylic acids is 1. The summed E-state index contributed by atoms with van der Waals surface area (Å²) < 4.78 is 0. The molecule has 3 nitrogen and oxygen atoms in total.